The number of hydrogen-bond acceptors (Lipinski definition) is 4. The van der Waals surface area contributed by atoms with Crippen LogP contribution >= 0.6 is 0 Å². The minimum absolute atomic E-state index is 0.0900. The molecule has 0 saturated heterocycles. The number of fused-ring (bicyclic) bond motifs is 1. The first-order valence-corrected chi connectivity index (χ1v) is 12.8. The molecule has 6 heteroatoms. The molecule has 1 aliphatic rings. The van der Waals surface area contributed by atoms with Crippen molar-refractivity contribution in [3.63, 3.8) is 0 Å². The Balaban J connectivity index is 1.76. The second kappa shape index (κ2) is 10.9. The zero-order chi connectivity index (χ0) is 26.7. The largest absolute Gasteiger partial charge is 0.479 e. The summed E-state index contributed by atoms with van der Waals surface area (Å²) in [7, 11) is 0. The van der Waals surface area contributed by atoms with Crippen molar-refractivity contribution in [3.05, 3.63) is 88.2 Å². The van der Waals surface area contributed by atoms with E-state index in [0.717, 1.165) is 33.5 Å². The van der Waals surface area contributed by atoms with E-state index in [-0.39, 0.29) is 5.91 Å². The molecule has 4 rings (SSSR count). The zero-order valence-corrected chi connectivity index (χ0v) is 22.4. The van der Waals surface area contributed by atoms with Crippen LogP contribution in [0.15, 0.2) is 54.6 Å². The van der Waals surface area contributed by atoms with Crippen LogP contribution in [0.4, 0.5) is 0 Å². The fourth-order valence-corrected chi connectivity index (χ4v) is 4.93. The first-order chi connectivity index (χ1) is 17.5. The highest BCUT2D eigenvalue weighted by Gasteiger charge is 2.35. The van der Waals surface area contributed by atoms with Crippen LogP contribution in [0, 0.1) is 13.8 Å². The quantitative estimate of drug-likeness (QED) is 0.442. The van der Waals surface area contributed by atoms with Crippen molar-refractivity contribution in [2.24, 2.45) is 0 Å². The van der Waals surface area contributed by atoms with Gasteiger partial charge in [-0.2, -0.15) is 0 Å². The third-order valence-corrected chi connectivity index (χ3v) is 6.70. The van der Waals surface area contributed by atoms with E-state index in [9.17, 15) is 14.7 Å². The minimum atomic E-state index is -1.18. The average Bonchev–Trinajstić information content (AvgIpc) is 2.85. The Kier molecular flexibility index (Phi) is 7.79. The number of nitrogens with zero attached hydrogens (tertiary/aromatic N) is 2. The number of pyridine rings is 1. The highest BCUT2D eigenvalue weighted by atomic mass is 16.5. The highest BCUT2D eigenvalue weighted by Crippen LogP contribution is 2.40. The van der Waals surface area contributed by atoms with E-state index < -0.39 is 17.7 Å². The molecule has 0 saturated carbocycles. The topological polar surface area (TPSA) is 79.7 Å². The smallest absolute Gasteiger partial charge is 0.337 e. The van der Waals surface area contributed by atoms with Gasteiger partial charge in [0.2, 0.25) is 5.91 Å². The number of amides is 1. The van der Waals surface area contributed by atoms with Crippen molar-refractivity contribution < 1.29 is 19.4 Å². The number of carboxylic acids is 1. The summed E-state index contributed by atoms with van der Waals surface area (Å²) in [6.45, 7) is 10.4. The van der Waals surface area contributed by atoms with Crippen molar-refractivity contribution >= 4 is 11.9 Å². The summed E-state index contributed by atoms with van der Waals surface area (Å²) in [5.41, 5.74) is 6.34. The lowest BCUT2D eigenvalue weighted by molar-refractivity contribution is -0.160. The molecule has 0 radical (unpaired) electrons. The standard InChI is InChI=1S/C31H36N2O4/c1-20-11-14-23(15-12-20)28-24-19-33(26(34)16-13-22-9-7-6-8-10-22)18-17-25(24)32-21(2)27(28)29(30(35)36)37-31(3,4)5/h6-12,14-15,29H,13,16-19H2,1-5H3,(H,35,36)/t29-/m0/s1. The van der Waals surface area contributed by atoms with Crippen LogP contribution in [0.25, 0.3) is 11.1 Å². The Hall–Kier alpha value is -3.51. The molecule has 1 amide bonds. The van der Waals surface area contributed by atoms with Crippen LogP contribution in [0.3, 0.4) is 0 Å². The highest BCUT2D eigenvalue weighted by molar-refractivity contribution is 5.83. The normalized spacial score (nSPS) is 14.2. The van der Waals surface area contributed by atoms with E-state index in [0.29, 0.717) is 43.6 Å². The Morgan fingerprint density at radius 3 is 2.35 bits per heavy atom. The molecule has 1 aromatic heterocycles. The van der Waals surface area contributed by atoms with E-state index in [1.165, 1.54) is 0 Å². The number of rotatable bonds is 7. The van der Waals surface area contributed by atoms with Gasteiger partial charge in [-0.15, -0.1) is 0 Å². The van der Waals surface area contributed by atoms with Gasteiger partial charge in [-0.05, 0) is 57.7 Å². The molecule has 0 fully saturated rings. The van der Waals surface area contributed by atoms with Crippen LogP contribution in [-0.2, 0) is 33.7 Å². The van der Waals surface area contributed by atoms with Gasteiger partial charge in [-0.25, -0.2) is 4.79 Å². The number of hydrogen-bond donors (Lipinski definition) is 1. The van der Waals surface area contributed by atoms with Gasteiger partial charge in [0.25, 0.3) is 0 Å². The molecule has 0 aliphatic carbocycles. The summed E-state index contributed by atoms with van der Waals surface area (Å²) >= 11 is 0. The zero-order valence-electron chi connectivity index (χ0n) is 22.4. The number of aliphatic carboxylic acids is 1. The summed E-state index contributed by atoms with van der Waals surface area (Å²) in [5.74, 6) is -0.966. The van der Waals surface area contributed by atoms with Gasteiger partial charge in [-0.1, -0.05) is 60.2 Å². The Bertz CT molecular complexity index is 1280. The maximum absolute atomic E-state index is 13.2. The summed E-state index contributed by atoms with van der Waals surface area (Å²) in [6.07, 6.45) is 0.560. The number of aromatic nitrogens is 1. The summed E-state index contributed by atoms with van der Waals surface area (Å²) < 4.78 is 6.08. The Morgan fingerprint density at radius 2 is 1.73 bits per heavy atom. The molecular formula is C31H36N2O4. The number of benzene rings is 2. The summed E-state index contributed by atoms with van der Waals surface area (Å²) in [4.78, 5) is 32.5. The van der Waals surface area contributed by atoms with Gasteiger partial charge in [0, 0.05) is 48.4 Å². The van der Waals surface area contributed by atoms with Crippen molar-refractivity contribution in [3.8, 4) is 11.1 Å². The molecule has 1 atom stereocenters. The number of carbonyl (C=O) groups is 2. The van der Waals surface area contributed by atoms with E-state index in [2.05, 4.69) is 0 Å². The molecule has 2 heterocycles. The maximum Gasteiger partial charge on any atom is 0.337 e. The Morgan fingerprint density at radius 1 is 1.05 bits per heavy atom. The van der Waals surface area contributed by atoms with Gasteiger partial charge in [0.1, 0.15) is 0 Å². The van der Waals surface area contributed by atoms with Gasteiger partial charge in [0.15, 0.2) is 6.10 Å². The average molecular weight is 501 g/mol. The predicted octanol–water partition coefficient (Wildman–Crippen LogP) is 5.82. The van der Waals surface area contributed by atoms with Gasteiger partial charge in [0.05, 0.1) is 5.60 Å². The molecule has 194 valence electrons. The Labute approximate surface area is 219 Å². The first-order valence-electron chi connectivity index (χ1n) is 12.8. The van der Waals surface area contributed by atoms with E-state index in [1.54, 1.807) is 0 Å². The molecular weight excluding hydrogens is 464 g/mol. The van der Waals surface area contributed by atoms with Crippen molar-refractivity contribution in [2.75, 3.05) is 6.54 Å². The van der Waals surface area contributed by atoms with Crippen LogP contribution in [0.2, 0.25) is 0 Å². The van der Waals surface area contributed by atoms with Crippen molar-refractivity contribution in [1.82, 2.24) is 9.88 Å². The lowest BCUT2D eigenvalue weighted by Gasteiger charge is -2.33. The molecule has 37 heavy (non-hydrogen) atoms. The molecule has 0 bridgehead atoms. The van der Waals surface area contributed by atoms with Gasteiger partial charge in [-0.3, -0.25) is 9.78 Å². The minimum Gasteiger partial charge on any atom is -0.479 e. The molecule has 1 N–H and O–H groups in total. The SMILES string of the molecule is Cc1ccc(-c2c3c(nc(C)c2[C@H](OC(C)(C)C)C(=O)O)CCN(C(=O)CCc2ccccc2)C3)cc1. The monoisotopic (exact) mass is 500 g/mol. The van der Waals surface area contributed by atoms with Gasteiger partial charge >= 0.3 is 5.97 Å². The molecule has 6 nitrogen and oxygen atoms in total. The lowest BCUT2D eigenvalue weighted by Crippen LogP contribution is -2.37. The lowest BCUT2D eigenvalue weighted by atomic mass is 9.87. The second-order valence-electron chi connectivity index (χ2n) is 10.8. The predicted molar refractivity (Wildman–Crippen MR) is 144 cm³/mol. The summed E-state index contributed by atoms with van der Waals surface area (Å²) in [6, 6.07) is 18.1. The molecule has 2 aromatic carbocycles. The number of aryl methyl sites for hydroxylation is 3. The fourth-order valence-electron chi connectivity index (χ4n) is 4.93. The molecule has 1 aliphatic heterocycles. The van der Waals surface area contributed by atoms with Crippen molar-refractivity contribution in [2.45, 2.75) is 72.1 Å². The number of carbonyl (C=O) groups excluding carboxylic acids is 1. The molecule has 3 aromatic rings. The molecule has 0 unspecified atom stereocenters. The van der Waals surface area contributed by atoms with Crippen LogP contribution in [0.5, 0.6) is 0 Å². The first kappa shape index (κ1) is 26.6. The van der Waals surface area contributed by atoms with Crippen LogP contribution in [-0.4, -0.2) is 39.0 Å². The third-order valence-electron chi connectivity index (χ3n) is 6.70. The summed E-state index contributed by atoms with van der Waals surface area (Å²) in [5, 5.41) is 10.2. The molecule has 0 spiro atoms. The van der Waals surface area contributed by atoms with E-state index in [4.69, 9.17) is 9.72 Å². The fraction of sp³-hybridized carbons (Fsp3) is 0.387. The third kappa shape index (κ3) is 6.25. The maximum atomic E-state index is 13.2. The van der Waals surface area contributed by atoms with E-state index in [1.807, 2.05) is 94.1 Å². The second-order valence-corrected chi connectivity index (χ2v) is 10.8. The van der Waals surface area contributed by atoms with Gasteiger partial charge < -0.3 is 14.7 Å². The number of ether oxygens (including phenoxy) is 1. The van der Waals surface area contributed by atoms with Crippen LogP contribution in [0.1, 0.15) is 66.9 Å². The van der Waals surface area contributed by atoms with E-state index >= 15 is 0 Å². The van der Waals surface area contributed by atoms with Crippen LogP contribution < -0.4 is 0 Å². The number of carboxylic acid groups (broad SMARTS) is 1. The van der Waals surface area contributed by atoms with Crippen molar-refractivity contribution in [1.29, 1.82) is 0 Å².